The van der Waals surface area contributed by atoms with E-state index in [1.54, 1.807) is 0 Å². The molecule has 1 atom stereocenters. The number of nitrogens with one attached hydrogen (secondary N) is 1. The summed E-state index contributed by atoms with van der Waals surface area (Å²) in [6.45, 7) is 11.0. The second kappa shape index (κ2) is 4.78. The van der Waals surface area contributed by atoms with Crippen LogP contribution in [0.15, 0.2) is 6.07 Å². The highest BCUT2D eigenvalue weighted by atomic mass is 15.3. The summed E-state index contributed by atoms with van der Waals surface area (Å²) in [6.07, 6.45) is 1.17. The van der Waals surface area contributed by atoms with Gasteiger partial charge in [0.2, 0.25) is 0 Å². The van der Waals surface area contributed by atoms with Crippen molar-refractivity contribution in [3.05, 3.63) is 17.5 Å². The molecule has 1 aliphatic heterocycles. The largest absolute Gasteiger partial charge is 0.309 e. The molecule has 2 heterocycles. The second-order valence-electron chi connectivity index (χ2n) is 5.45. The quantitative estimate of drug-likeness (QED) is 0.859. The molecule has 1 aromatic rings. The maximum Gasteiger partial charge on any atom is 0.0597 e. The zero-order chi connectivity index (χ0) is 12.5. The van der Waals surface area contributed by atoms with Gasteiger partial charge in [0.15, 0.2) is 0 Å². The van der Waals surface area contributed by atoms with E-state index in [0.29, 0.717) is 0 Å². The monoisotopic (exact) mass is 236 g/mol. The standard InChI is InChI=1S/C13H24N4/c1-5-13(3)10-17(7-6-14-13)9-12-8-11(2)15-16(12)4/h8,14H,5-7,9-10H2,1-4H3. The fourth-order valence-corrected chi connectivity index (χ4v) is 2.56. The number of aromatic nitrogens is 2. The number of piperazine rings is 1. The third-order valence-electron chi connectivity index (χ3n) is 3.82. The number of aryl methyl sites for hydroxylation is 2. The molecule has 0 amide bonds. The summed E-state index contributed by atoms with van der Waals surface area (Å²) in [5, 5.41) is 8.02. The van der Waals surface area contributed by atoms with Gasteiger partial charge in [-0.15, -0.1) is 0 Å². The molecule has 0 saturated carbocycles. The minimum absolute atomic E-state index is 0.270. The van der Waals surface area contributed by atoms with Gasteiger partial charge in [-0.3, -0.25) is 9.58 Å². The van der Waals surface area contributed by atoms with Crippen molar-refractivity contribution >= 4 is 0 Å². The molecule has 0 aliphatic carbocycles. The van der Waals surface area contributed by atoms with Crippen LogP contribution < -0.4 is 5.32 Å². The summed E-state index contributed by atoms with van der Waals surface area (Å²) in [4.78, 5) is 2.52. The molecule has 0 aromatic carbocycles. The summed E-state index contributed by atoms with van der Waals surface area (Å²) in [7, 11) is 2.03. The van der Waals surface area contributed by atoms with Crippen LogP contribution in [-0.4, -0.2) is 39.9 Å². The van der Waals surface area contributed by atoms with Crippen molar-refractivity contribution < 1.29 is 0 Å². The normalized spacial score (nSPS) is 26.4. The van der Waals surface area contributed by atoms with Crippen molar-refractivity contribution in [1.82, 2.24) is 20.0 Å². The molecule has 4 heteroatoms. The van der Waals surface area contributed by atoms with Gasteiger partial charge in [0.05, 0.1) is 11.4 Å². The van der Waals surface area contributed by atoms with Crippen LogP contribution in [0.2, 0.25) is 0 Å². The lowest BCUT2D eigenvalue weighted by Crippen LogP contribution is -2.58. The maximum absolute atomic E-state index is 4.41. The van der Waals surface area contributed by atoms with Crippen LogP contribution in [0.25, 0.3) is 0 Å². The molecule has 17 heavy (non-hydrogen) atoms. The van der Waals surface area contributed by atoms with Crippen molar-refractivity contribution in [2.45, 2.75) is 39.3 Å². The first-order chi connectivity index (χ1) is 8.02. The van der Waals surface area contributed by atoms with E-state index in [4.69, 9.17) is 0 Å². The highest BCUT2D eigenvalue weighted by Gasteiger charge is 2.28. The van der Waals surface area contributed by atoms with Gasteiger partial charge in [0.1, 0.15) is 0 Å². The molecule has 0 radical (unpaired) electrons. The van der Waals surface area contributed by atoms with E-state index in [1.165, 1.54) is 12.1 Å². The molecule has 96 valence electrons. The van der Waals surface area contributed by atoms with Crippen LogP contribution >= 0.6 is 0 Å². The van der Waals surface area contributed by atoms with Gasteiger partial charge >= 0.3 is 0 Å². The van der Waals surface area contributed by atoms with Crippen LogP contribution in [0.1, 0.15) is 31.7 Å². The van der Waals surface area contributed by atoms with Gasteiger partial charge in [-0.2, -0.15) is 5.10 Å². The first-order valence-electron chi connectivity index (χ1n) is 6.49. The van der Waals surface area contributed by atoms with Crippen LogP contribution in [0.5, 0.6) is 0 Å². The Hall–Kier alpha value is -0.870. The lowest BCUT2D eigenvalue weighted by atomic mass is 9.96. The van der Waals surface area contributed by atoms with E-state index in [0.717, 1.165) is 31.9 Å². The second-order valence-corrected chi connectivity index (χ2v) is 5.45. The maximum atomic E-state index is 4.41. The van der Waals surface area contributed by atoms with Crippen molar-refractivity contribution in [3.63, 3.8) is 0 Å². The van der Waals surface area contributed by atoms with E-state index in [2.05, 4.69) is 42.2 Å². The van der Waals surface area contributed by atoms with E-state index in [1.807, 2.05) is 11.7 Å². The Balaban J connectivity index is 2.02. The summed E-state index contributed by atoms with van der Waals surface area (Å²) in [6, 6.07) is 2.19. The predicted molar refractivity (Wildman–Crippen MR) is 69.9 cm³/mol. The fourth-order valence-electron chi connectivity index (χ4n) is 2.56. The number of nitrogens with zero attached hydrogens (tertiary/aromatic N) is 3. The SMILES string of the molecule is CCC1(C)CN(Cc2cc(C)nn2C)CCN1. The lowest BCUT2D eigenvalue weighted by Gasteiger charge is -2.41. The Bertz CT molecular complexity index is 385. The minimum atomic E-state index is 0.270. The van der Waals surface area contributed by atoms with E-state index in [9.17, 15) is 0 Å². The van der Waals surface area contributed by atoms with Gasteiger partial charge in [-0.25, -0.2) is 0 Å². The summed E-state index contributed by atoms with van der Waals surface area (Å²) < 4.78 is 2.00. The van der Waals surface area contributed by atoms with Crippen molar-refractivity contribution in [3.8, 4) is 0 Å². The molecular formula is C13H24N4. The molecule has 1 aromatic heterocycles. The van der Waals surface area contributed by atoms with Crippen molar-refractivity contribution in [2.75, 3.05) is 19.6 Å². The molecule has 0 bridgehead atoms. The molecule has 1 fully saturated rings. The minimum Gasteiger partial charge on any atom is -0.309 e. The average molecular weight is 236 g/mol. The molecule has 1 N–H and O–H groups in total. The molecular weight excluding hydrogens is 212 g/mol. The first kappa shape index (κ1) is 12.6. The Kier molecular flexibility index (Phi) is 3.54. The molecule has 1 aliphatic rings. The number of hydrogen-bond donors (Lipinski definition) is 1. The van der Waals surface area contributed by atoms with E-state index >= 15 is 0 Å². The molecule has 0 spiro atoms. The smallest absolute Gasteiger partial charge is 0.0597 e. The third-order valence-corrected chi connectivity index (χ3v) is 3.82. The van der Waals surface area contributed by atoms with Gasteiger partial charge in [0, 0.05) is 38.8 Å². The van der Waals surface area contributed by atoms with Crippen LogP contribution in [-0.2, 0) is 13.6 Å². The van der Waals surface area contributed by atoms with Crippen molar-refractivity contribution in [1.29, 1.82) is 0 Å². The zero-order valence-electron chi connectivity index (χ0n) is 11.5. The fraction of sp³-hybridized carbons (Fsp3) is 0.769. The molecule has 4 nitrogen and oxygen atoms in total. The first-order valence-corrected chi connectivity index (χ1v) is 6.49. The van der Waals surface area contributed by atoms with E-state index < -0.39 is 0 Å². The predicted octanol–water partition coefficient (Wildman–Crippen LogP) is 1.30. The van der Waals surface area contributed by atoms with Gasteiger partial charge in [-0.1, -0.05) is 6.92 Å². The molecule has 2 rings (SSSR count). The Morgan fingerprint density at radius 1 is 1.53 bits per heavy atom. The molecule has 1 unspecified atom stereocenters. The topological polar surface area (TPSA) is 33.1 Å². The van der Waals surface area contributed by atoms with Gasteiger partial charge in [-0.05, 0) is 26.3 Å². The van der Waals surface area contributed by atoms with Crippen molar-refractivity contribution in [2.24, 2.45) is 7.05 Å². The van der Waals surface area contributed by atoms with Crippen LogP contribution in [0.3, 0.4) is 0 Å². The van der Waals surface area contributed by atoms with Crippen LogP contribution in [0.4, 0.5) is 0 Å². The highest BCUT2D eigenvalue weighted by molar-refractivity contribution is 5.09. The van der Waals surface area contributed by atoms with Gasteiger partial charge in [0.25, 0.3) is 0 Å². The summed E-state index contributed by atoms with van der Waals surface area (Å²) in [5.41, 5.74) is 2.69. The van der Waals surface area contributed by atoms with Gasteiger partial charge < -0.3 is 5.32 Å². The highest BCUT2D eigenvalue weighted by Crippen LogP contribution is 2.17. The Morgan fingerprint density at radius 3 is 2.88 bits per heavy atom. The zero-order valence-corrected chi connectivity index (χ0v) is 11.5. The Morgan fingerprint density at radius 2 is 2.29 bits per heavy atom. The lowest BCUT2D eigenvalue weighted by molar-refractivity contribution is 0.131. The number of rotatable bonds is 3. The molecule has 1 saturated heterocycles. The summed E-state index contributed by atoms with van der Waals surface area (Å²) in [5.74, 6) is 0. The van der Waals surface area contributed by atoms with Crippen LogP contribution in [0, 0.1) is 6.92 Å². The van der Waals surface area contributed by atoms with E-state index in [-0.39, 0.29) is 5.54 Å². The average Bonchev–Trinajstić information content (AvgIpc) is 2.58. The Labute approximate surface area is 104 Å². The number of hydrogen-bond acceptors (Lipinski definition) is 3. The summed E-state index contributed by atoms with van der Waals surface area (Å²) >= 11 is 0. The third kappa shape index (κ3) is 2.87.